The van der Waals surface area contributed by atoms with Gasteiger partial charge in [0.25, 0.3) is 0 Å². The molecule has 1 N–H and O–H groups in total. The van der Waals surface area contributed by atoms with Crippen LogP contribution in [0, 0.1) is 0 Å². The molecule has 0 atom stereocenters. The molecule has 0 aliphatic rings. The summed E-state index contributed by atoms with van der Waals surface area (Å²) in [4.78, 5) is -0.880. The molecule has 2 rings (SSSR count). The van der Waals surface area contributed by atoms with E-state index < -0.39 is 26.7 Å². The lowest BCUT2D eigenvalue weighted by Gasteiger charge is -2.15. The van der Waals surface area contributed by atoms with Crippen molar-refractivity contribution < 1.29 is 26.3 Å². The fourth-order valence-electron chi connectivity index (χ4n) is 2.06. The molecule has 0 radical (unpaired) electrons. The molecule has 0 heterocycles. The van der Waals surface area contributed by atoms with Gasteiger partial charge in [-0.05, 0) is 24.3 Å². The molecule has 0 aromatic heterocycles. The van der Waals surface area contributed by atoms with Crippen molar-refractivity contribution in [3.05, 3.63) is 58.6 Å². The molecule has 2 aromatic carbocycles. The van der Waals surface area contributed by atoms with E-state index in [0.717, 1.165) is 12.1 Å². The van der Waals surface area contributed by atoms with E-state index in [2.05, 4.69) is 4.72 Å². The van der Waals surface area contributed by atoms with Crippen molar-refractivity contribution in [1.82, 2.24) is 4.72 Å². The van der Waals surface area contributed by atoms with Gasteiger partial charge in [-0.3, -0.25) is 0 Å². The number of nitrogens with one attached hydrogen (secondary N) is 1. The van der Waals surface area contributed by atoms with Crippen LogP contribution >= 0.6 is 11.6 Å². The molecule has 9 heteroatoms. The van der Waals surface area contributed by atoms with Gasteiger partial charge in [0.05, 0.1) is 17.6 Å². The van der Waals surface area contributed by atoms with Gasteiger partial charge >= 0.3 is 6.18 Å². The Bertz CT molecular complexity index is 838. The monoisotopic (exact) mass is 379 g/mol. The molecular weight excluding hydrogens is 367 g/mol. The molecule has 130 valence electrons. The predicted molar refractivity (Wildman–Crippen MR) is 83.5 cm³/mol. The molecule has 0 spiro atoms. The van der Waals surface area contributed by atoms with E-state index in [9.17, 15) is 21.6 Å². The van der Waals surface area contributed by atoms with E-state index in [1.807, 2.05) is 0 Å². The topological polar surface area (TPSA) is 55.4 Å². The predicted octanol–water partition coefficient (Wildman–Crippen LogP) is 3.85. The van der Waals surface area contributed by atoms with Crippen molar-refractivity contribution in [3.63, 3.8) is 0 Å². The van der Waals surface area contributed by atoms with Gasteiger partial charge in [-0.1, -0.05) is 29.8 Å². The summed E-state index contributed by atoms with van der Waals surface area (Å²) >= 11 is 5.55. The molecule has 24 heavy (non-hydrogen) atoms. The van der Waals surface area contributed by atoms with E-state index in [1.165, 1.54) is 7.11 Å². The first kappa shape index (κ1) is 18.6. The van der Waals surface area contributed by atoms with Crippen LogP contribution in [0.3, 0.4) is 0 Å². The minimum Gasteiger partial charge on any atom is -0.496 e. The summed E-state index contributed by atoms with van der Waals surface area (Å²) < 4.78 is 71.0. The maximum absolute atomic E-state index is 13.1. The van der Waals surface area contributed by atoms with Gasteiger partial charge in [0.2, 0.25) is 10.0 Å². The Balaban J connectivity index is 2.35. The molecule has 0 aliphatic carbocycles. The molecule has 0 fully saturated rings. The summed E-state index contributed by atoms with van der Waals surface area (Å²) in [5.41, 5.74) is -0.825. The number of hydrogen-bond acceptors (Lipinski definition) is 3. The smallest absolute Gasteiger partial charge is 0.417 e. The van der Waals surface area contributed by atoms with Gasteiger partial charge in [-0.15, -0.1) is 0 Å². The van der Waals surface area contributed by atoms with Crippen molar-refractivity contribution >= 4 is 21.6 Å². The Morgan fingerprint density at radius 3 is 2.46 bits per heavy atom. The number of para-hydroxylation sites is 1. The first-order valence-corrected chi connectivity index (χ1v) is 8.49. The van der Waals surface area contributed by atoms with Crippen LogP contribution in [-0.2, 0) is 22.7 Å². The van der Waals surface area contributed by atoms with E-state index in [1.54, 1.807) is 24.3 Å². The highest BCUT2D eigenvalue weighted by Crippen LogP contribution is 2.35. The van der Waals surface area contributed by atoms with Crippen LogP contribution < -0.4 is 9.46 Å². The average molecular weight is 380 g/mol. The number of ether oxygens (including phenoxy) is 1. The molecular formula is C15H13ClF3NO3S. The largest absolute Gasteiger partial charge is 0.496 e. The molecule has 0 amide bonds. The van der Waals surface area contributed by atoms with Gasteiger partial charge in [0, 0.05) is 17.1 Å². The summed E-state index contributed by atoms with van der Waals surface area (Å²) in [6.45, 7) is -0.216. The second kappa shape index (κ2) is 7.00. The van der Waals surface area contributed by atoms with Crippen LogP contribution in [0.15, 0.2) is 47.4 Å². The van der Waals surface area contributed by atoms with Gasteiger partial charge in [-0.2, -0.15) is 13.2 Å². The van der Waals surface area contributed by atoms with Gasteiger partial charge in [-0.25, -0.2) is 13.1 Å². The lowest BCUT2D eigenvalue weighted by atomic mass is 10.2. The lowest BCUT2D eigenvalue weighted by molar-refractivity contribution is -0.139. The Kier molecular flexibility index (Phi) is 5.42. The molecule has 4 nitrogen and oxygen atoms in total. The second-order valence-corrected chi connectivity index (χ2v) is 6.95. The SMILES string of the molecule is COc1ccccc1CNS(=O)(=O)c1ccc(Cl)cc1C(F)(F)F. The molecule has 2 aromatic rings. The zero-order chi connectivity index (χ0) is 18.0. The zero-order valence-electron chi connectivity index (χ0n) is 12.4. The van der Waals surface area contributed by atoms with Gasteiger partial charge < -0.3 is 4.74 Å². The molecule has 0 saturated carbocycles. The van der Waals surface area contributed by atoms with E-state index in [-0.39, 0.29) is 11.6 Å². The van der Waals surface area contributed by atoms with Crippen molar-refractivity contribution in [2.24, 2.45) is 0 Å². The molecule has 0 saturated heterocycles. The summed E-state index contributed by atoms with van der Waals surface area (Å²) in [6.07, 6.45) is -4.85. The van der Waals surface area contributed by atoms with Crippen molar-refractivity contribution in [3.8, 4) is 5.75 Å². The number of rotatable bonds is 5. The quantitative estimate of drug-likeness (QED) is 0.858. The third-order valence-corrected chi connectivity index (χ3v) is 4.88. The van der Waals surface area contributed by atoms with Crippen molar-refractivity contribution in [1.29, 1.82) is 0 Å². The van der Waals surface area contributed by atoms with E-state index >= 15 is 0 Å². The zero-order valence-corrected chi connectivity index (χ0v) is 14.0. The van der Waals surface area contributed by atoms with Crippen LogP contribution in [0.4, 0.5) is 13.2 Å². The van der Waals surface area contributed by atoms with Crippen LogP contribution in [0.1, 0.15) is 11.1 Å². The normalized spacial score (nSPS) is 12.2. The van der Waals surface area contributed by atoms with E-state index in [4.69, 9.17) is 16.3 Å². The van der Waals surface area contributed by atoms with Gasteiger partial charge in [0.15, 0.2) is 0 Å². The second-order valence-electron chi connectivity index (χ2n) is 4.77. The highest BCUT2D eigenvalue weighted by Gasteiger charge is 2.37. The number of hydrogen-bond donors (Lipinski definition) is 1. The molecule has 0 unspecified atom stereocenters. The van der Waals surface area contributed by atoms with Crippen LogP contribution in [-0.4, -0.2) is 15.5 Å². The minimum absolute atomic E-state index is 0.203. The Morgan fingerprint density at radius 2 is 1.83 bits per heavy atom. The highest BCUT2D eigenvalue weighted by atomic mass is 35.5. The highest BCUT2D eigenvalue weighted by molar-refractivity contribution is 7.89. The Hall–Kier alpha value is -1.77. The van der Waals surface area contributed by atoms with Crippen molar-refractivity contribution in [2.45, 2.75) is 17.6 Å². The lowest BCUT2D eigenvalue weighted by Crippen LogP contribution is -2.26. The maximum Gasteiger partial charge on any atom is 0.417 e. The number of benzene rings is 2. The summed E-state index contributed by atoms with van der Waals surface area (Å²) in [5.74, 6) is 0.423. The minimum atomic E-state index is -4.85. The van der Waals surface area contributed by atoms with Gasteiger partial charge in [0.1, 0.15) is 5.75 Å². The number of methoxy groups -OCH3 is 1. The van der Waals surface area contributed by atoms with Crippen LogP contribution in [0.5, 0.6) is 5.75 Å². The summed E-state index contributed by atoms with van der Waals surface area (Å²) in [6, 6.07) is 9.08. The first-order chi connectivity index (χ1) is 11.1. The maximum atomic E-state index is 13.1. The molecule has 0 aliphatic heterocycles. The number of halogens is 4. The molecule has 0 bridgehead atoms. The van der Waals surface area contributed by atoms with Crippen LogP contribution in [0.25, 0.3) is 0 Å². The number of alkyl halides is 3. The van der Waals surface area contributed by atoms with Crippen LogP contribution in [0.2, 0.25) is 5.02 Å². The average Bonchev–Trinajstić information content (AvgIpc) is 2.52. The van der Waals surface area contributed by atoms with Crippen molar-refractivity contribution in [2.75, 3.05) is 7.11 Å². The summed E-state index contributed by atoms with van der Waals surface area (Å²) in [7, 11) is -2.99. The fourth-order valence-corrected chi connectivity index (χ4v) is 3.44. The third-order valence-electron chi connectivity index (χ3n) is 3.18. The summed E-state index contributed by atoms with van der Waals surface area (Å²) in [5, 5.41) is -0.203. The Morgan fingerprint density at radius 1 is 1.17 bits per heavy atom. The number of sulfonamides is 1. The fraction of sp³-hybridized carbons (Fsp3) is 0.200. The van der Waals surface area contributed by atoms with E-state index in [0.29, 0.717) is 17.4 Å². The Labute approximate surface area is 142 Å². The third kappa shape index (κ3) is 4.19. The standard InChI is InChI=1S/C15H13ClF3NO3S/c1-23-13-5-3-2-4-10(13)9-20-24(21,22)14-7-6-11(16)8-12(14)15(17,18)19/h2-8,20H,9H2,1H3. The first-order valence-electron chi connectivity index (χ1n) is 6.63.